The van der Waals surface area contributed by atoms with Gasteiger partial charge >= 0.3 is 12.1 Å². The minimum Gasteiger partial charge on any atom is -0.481 e. The van der Waals surface area contributed by atoms with Gasteiger partial charge in [-0.1, -0.05) is 35.9 Å². The number of carboxylic acid groups (broad SMARTS) is 1. The smallest absolute Gasteiger partial charge is 0.416 e. The number of carboxylic acids is 1. The van der Waals surface area contributed by atoms with Crippen molar-refractivity contribution in [1.29, 1.82) is 0 Å². The van der Waals surface area contributed by atoms with Crippen molar-refractivity contribution in [2.24, 2.45) is 0 Å². The Bertz CT molecular complexity index is 1150. The summed E-state index contributed by atoms with van der Waals surface area (Å²) in [6.45, 7) is 3.16. The van der Waals surface area contributed by atoms with E-state index >= 15 is 0 Å². The maximum absolute atomic E-state index is 13.2. The molecule has 2 aromatic rings. The zero-order valence-electron chi connectivity index (χ0n) is 20.7. The molecule has 1 saturated heterocycles. The van der Waals surface area contributed by atoms with Crippen LogP contribution in [0.15, 0.2) is 54.6 Å². The van der Waals surface area contributed by atoms with Crippen LogP contribution in [0.1, 0.15) is 42.5 Å². The van der Waals surface area contributed by atoms with E-state index in [1.165, 1.54) is 18.2 Å². The van der Waals surface area contributed by atoms with Gasteiger partial charge in [0.1, 0.15) is 0 Å². The molecule has 204 valence electrons. The number of benzene rings is 2. The predicted octanol–water partition coefficient (Wildman–Crippen LogP) is 4.63. The van der Waals surface area contributed by atoms with E-state index in [0.717, 1.165) is 23.8 Å². The highest BCUT2D eigenvalue weighted by atomic mass is 35.5. The summed E-state index contributed by atoms with van der Waals surface area (Å²) in [7, 11) is 0. The van der Waals surface area contributed by atoms with Gasteiger partial charge in [0.25, 0.3) is 0 Å². The van der Waals surface area contributed by atoms with E-state index in [2.05, 4.69) is 10.2 Å². The van der Waals surface area contributed by atoms with Crippen molar-refractivity contribution in [3.63, 3.8) is 0 Å². The summed E-state index contributed by atoms with van der Waals surface area (Å²) in [5.74, 6) is -1.70. The molecular weight excluding hydrogens is 523 g/mol. The number of hydrogen-bond acceptors (Lipinski definition) is 4. The van der Waals surface area contributed by atoms with Crippen LogP contribution in [0.5, 0.6) is 0 Å². The Labute approximate surface area is 223 Å². The molecule has 0 saturated carbocycles. The molecular formula is C27H29ClF3N3O4. The first kappa shape index (κ1) is 29.2. The van der Waals surface area contributed by atoms with Crippen LogP contribution in [0.25, 0.3) is 6.08 Å². The van der Waals surface area contributed by atoms with Crippen LogP contribution in [-0.4, -0.2) is 64.9 Å². The Balaban J connectivity index is 1.63. The van der Waals surface area contributed by atoms with Crippen molar-refractivity contribution in [3.05, 3.63) is 76.3 Å². The molecule has 0 aromatic heterocycles. The number of nitrogens with one attached hydrogen (secondary N) is 1. The van der Waals surface area contributed by atoms with Crippen LogP contribution < -0.4 is 5.32 Å². The first-order valence-corrected chi connectivity index (χ1v) is 12.5. The van der Waals surface area contributed by atoms with Crippen molar-refractivity contribution in [2.75, 3.05) is 26.2 Å². The van der Waals surface area contributed by atoms with Crippen LogP contribution in [0, 0.1) is 0 Å². The number of aliphatic carboxylic acids is 1. The van der Waals surface area contributed by atoms with Crippen LogP contribution in [0.2, 0.25) is 5.02 Å². The molecule has 1 heterocycles. The fourth-order valence-electron chi connectivity index (χ4n) is 4.30. The van der Waals surface area contributed by atoms with E-state index in [-0.39, 0.29) is 31.0 Å². The van der Waals surface area contributed by atoms with Gasteiger partial charge in [-0.2, -0.15) is 13.2 Å². The number of piperazine rings is 1. The van der Waals surface area contributed by atoms with Gasteiger partial charge in [0.2, 0.25) is 11.8 Å². The van der Waals surface area contributed by atoms with Crippen molar-refractivity contribution in [3.8, 4) is 0 Å². The lowest BCUT2D eigenvalue weighted by molar-refractivity contribution is -0.139. The largest absolute Gasteiger partial charge is 0.481 e. The van der Waals surface area contributed by atoms with Gasteiger partial charge in [-0.05, 0) is 61.4 Å². The molecule has 7 nitrogen and oxygen atoms in total. The molecule has 38 heavy (non-hydrogen) atoms. The van der Waals surface area contributed by atoms with Crippen molar-refractivity contribution in [1.82, 2.24) is 15.1 Å². The summed E-state index contributed by atoms with van der Waals surface area (Å²) in [6, 6.07) is 11.2. The van der Waals surface area contributed by atoms with E-state index in [4.69, 9.17) is 16.7 Å². The monoisotopic (exact) mass is 551 g/mol. The molecule has 1 aliphatic rings. The number of alkyl halides is 3. The minimum absolute atomic E-state index is 0.0217. The van der Waals surface area contributed by atoms with Gasteiger partial charge in [0, 0.05) is 36.7 Å². The van der Waals surface area contributed by atoms with E-state index < -0.39 is 23.6 Å². The third-order valence-corrected chi connectivity index (χ3v) is 6.61. The Morgan fingerprint density at radius 3 is 2.34 bits per heavy atom. The van der Waals surface area contributed by atoms with Gasteiger partial charge in [0.05, 0.1) is 18.2 Å². The quantitative estimate of drug-likeness (QED) is 0.444. The molecule has 0 bridgehead atoms. The van der Waals surface area contributed by atoms with Gasteiger partial charge in [-0.25, -0.2) is 0 Å². The molecule has 1 aliphatic heterocycles. The van der Waals surface area contributed by atoms with E-state index in [1.807, 2.05) is 19.1 Å². The van der Waals surface area contributed by atoms with Crippen LogP contribution in [0.3, 0.4) is 0 Å². The topological polar surface area (TPSA) is 90.0 Å². The van der Waals surface area contributed by atoms with Gasteiger partial charge in [-0.3, -0.25) is 19.3 Å². The molecule has 3 rings (SSSR count). The summed E-state index contributed by atoms with van der Waals surface area (Å²) >= 11 is 6.04. The Kier molecular flexibility index (Phi) is 9.93. The first-order chi connectivity index (χ1) is 17.9. The highest BCUT2D eigenvalue weighted by Gasteiger charge is 2.35. The Morgan fingerprint density at radius 1 is 1.08 bits per heavy atom. The Morgan fingerprint density at radius 2 is 1.74 bits per heavy atom. The predicted molar refractivity (Wildman–Crippen MR) is 137 cm³/mol. The zero-order chi connectivity index (χ0) is 27.9. The lowest BCUT2D eigenvalue weighted by Crippen LogP contribution is -2.56. The maximum Gasteiger partial charge on any atom is 0.416 e. The highest BCUT2D eigenvalue weighted by molar-refractivity contribution is 6.30. The number of rotatable bonds is 9. The van der Waals surface area contributed by atoms with Crippen LogP contribution in [-0.2, 0) is 20.6 Å². The molecule has 1 fully saturated rings. The van der Waals surface area contributed by atoms with Gasteiger partial charge in [0.15, 0.2) is 0 Å². The van der Waals surface area contributed by atoms with Crippen molar-refractivity contribution in [2.45, 2.75) is 38.0 Å². The first-order valence-electron chi connectivity index (χ1n) is 12.1. The van der Waals surface area contributed by atoms with E-state index in [1.54, 1.807) is 17.0 Å². The SMILES string of the molecule is C[C@@H]1CN(C(=O)CNC(=O)/C=C/c2ccc(C(F)(F)F)cc2)[C@@H](c2ccc(Cl)cc2)CN1CCCC(=O)O. The molecule has 2 atom stereocenters. The third kappa shape index (κ3) is 8.32. The Hall–Kier alpha value is -3.37. The van der Waals surface area contributed by atoms with Crippen LogP contribution >= 0.6 is 11.6 Å². The lowest BCUT2D eigenvalue weighted by atomic mass is 9.99. The van der Waals surface area contributed by atoms with Crippen molar-refractivity contribution < 1.29 is 32.7 Å². The molecule has 2 N–H and O–H groups in total. The number of carbonyl (C=O) groups excluding carboxylic acids is 2. The summed E-state index contributed by atoms with van der Waals surface area (Å²) in [5.41, 5.74) is 0.498. The normalized spacial score (nSPS) is 18.5. The number of nitrogens with zero attached hydrogens (tertiary/aromatic N) is 2. The molecule has 11 heteroatoms. The van der Waals surface area contributed by atoms with Gasteiger partial charge < -0.3 is 15.3 Å². The number of carbonyl (C=O) groups is 3. The zero-order valence-corrected chi connectivity index (χ0v) is 21.5. The average molecular weight is 552 g/mol. The molecule has 2 amide bonds. The third-order valence-electron chi connectivity index (χ3n) is 6.36. The summed E-state index contributed by atoms with van der Waals surface area (Å²) < 4.78 is 38.1. The number of halogens is 4. The van der Waals surface area contributed by atoms with Gasteiger partial charge in [-0.15, -0.1) is 0 Å². The second-order valence-electron chi connectivity index (χ2n) is 9.13. The second-order valence-corrected chi connectivity index (χ2v) is 9.56. The fraction of sp³-hybridized carbons (Fsp3) is 0.370. The molecule has 0 aliphatic carbocycles. The summed E-state index contributed by atoms with van der Waals surface area (Å²) in [5, 5.41) is 12.1. The molecule has 2 aromatic carbocycles. The van der Waals surface area contributed by atoms with E-state index in [9.17, 15) is 27.6 Å². The lowest BCUT2D eigenvalue weighted by Gasteiger charge is -2.45. The molecule has 0 radical (unpaired) electrons. The van der Waals surface area contributed by atoms with Crippen LogP contribution in [0.4, 0.5) is 13.2 Å². The number of amides is 2. The number of hydrogen-bond donors (Lipinski definition) is 2. The fourth-order valence-corrected chi connectivity index (χ4v) is 4.42. The van der Waals surface area contributed by atoms with Crippen molar-refractivity contribution >= 4 is 35.5 Å². The maximum atomic E-state index is 13.2. The van der Waals surface area contributed by atoms with E-state index in [0.29, 0.717) is 36.6 Å². The second kappa shape index (κ2) is 12.9. The summed E-state index contributed by atoms with van der Waals surface area (Å²) in [6.07, 6.45) is -1.36. The molecule has 0 unspecified atom stereocenters. The standard InChI is InChI=1S/C27H29ClF3N3O4/c1-18-16-34(23(20-7-11-22(28)12-8-20)17-33(18)14-2-3-26(37)38)25(36)15-32-24(35)13-6-19-4-9-21(10-5-19)27(29,30)31/h4-13,18,23H,2-3,14-17H2,1H3,(H,32,35)(H,37,38)/b13-6+/t18-,23-/m1/s1. The summed E-state index contributed by atoms with van der Waals surface area (Å²) in [4.78, 5) is 40.2. The molecule has 0 spiro atoms. The minimum atomic E-state index is -4.44. The highest BCUT2D eigenvalue weighted by Crippen LogP contribution is 2.30. The average Bonchev–Trinajstić information content (AvgIpc) is 2.87.